The van der Waals surface area contributed by atoms with E-state index in [4.69, 9.17) is 18.1 Å². The molecule has 6 heteroatoms. The highest BCUT2D eigenvalue weighted by atomic mass is 16.3. The molecule has 0 amide bonds. The molecule has 0 unspecified atom stereocenters. The molecule has 0 aliphatic carbocycles. The number of hydrogen-bond acceptors (Lipinski definition) is 4. The molecular formula is C13H25BN2O3. The molecule has 3 N–H and O–H groups in total. The van der Waals surface area contributed by atoms with Crippen molar-refractivity contribution < 1.29 is 15.3 Å². The second-order valence-corrected chi connectivity index (χ2v) is 6.40. The number of hydrogen-bond donors (Lipinski definition) is 3. The van der Waals surface area contributed by atoms with Crippen molar-refractivity contribution >= 4 is 13.3 Å². The van der Waals surface area contributed by atoms with Gasteiger partial charge < -0.3 is 15.3 Å². The molecule has 0 aromatic carbocycles. The Morgan fingerprint density at radius 3 is 1.68 bits per heavy atom. The summed E-state index contributed by atoms with van der Waals surface area (Å²) in [6, 6.07) is 0. The lowest BCUT2D eigenvalue weighted by Gasteiger charge is -2.31. The van der Waals surface area contributed by atoms with E-state index in [1.165, 1.54) is 0 Å². The van der Waals surface area contributed by atoms with Gasteiger partial charge in [-0.2, -0.15) is 5.10 Å². The van der Waals surface area contributed by atoms with Crippen LogP contribution in [-0.2, 0) is 6.54 Å². The summed E-state index contributed by atoms with van der Waals surface area (Å²) in [4.78, 5) is 0. The molecule has 2 radical (unpaired) electrons. The van der Waals surface area contributed by atoms with Gasteiger partial charge in [-0.1, -0.05) is 5.46 Å². The largest absolute Gasteiger partial charge is 0.389 e. The monoisotopic (exact) mass is 268 g/mol. The summed E-state index contributed by atoms with van der Waals surface area (Å²) in [6.45, 7) is 10.2. The maximum Gasteiger partial charge on any atom is 0.118 e. The fourth-order valence-corrected chi connectivity index (χ4v) is 0.862. The van der Waals surface area contributed by atoms with Crippen LogP contribution in [0.25, 0.3) is 0 Å². The predicted molar refractivity (Wildman–Crippen MR) is 76.5 cm³/mol. The van der Waals surface area contributed by atoms with E-state index in [9.17, 15) is 5.11 Å². The van der Waals surface area contributed by atoms with Gasteiger partial charge in [0.25, 0.3) is 0 Å². The molecule has 0 aliphatic rings. The molecule has 1 heterocycles. The van der Waals surface area contributed by atoms with Crippen molar-refractivity contribution in [2.75, 3.05) is 0 Å². The summed E-state index contributed by atoms with van der Waals surface area (Å²) < 4.78 is 1.62. The van der Waals surface area contributed by atoms with Crippen LogP contribution in [0.4, 0.5) is 0 Å². The van der Waals surface area contributed by atoms with Crippen LogP contribution in [0.5, 0.6) is 0 Å². The number of aromatic nitrogens is 2. The van der Waals surface area contributed by atoms with E-state index in [-0.39, 0.29) is 0 Å². The van der Waals surface area contributed by atoms with Gasteiger partial charge >= 0.3 is 0 Å². The summed E-state index contributed by atoms with van der Waals surface area (Å²) >= 11 is 0. The maximum atomic E-state index is 9.38. The van der Waals surface area contributed by atoms with Gasteiger partial charge in [-0.25, -0.2) is 0 Å². The Morgan fingerprint density at radius 1 is 1.05 bits per heavy atom. The minimum atomic E-state index is -1.01. The first kappa shape index (κ1) is 18.2. The molecule has 5 nitrogen and oxygen atoms in total. The lowest BCUT2D eigenvalue weighted by molar-refractivity contribution is -0.107. The lowest BCUT2D eigenvalue weighted by Crippen LogP contribution is -2.44. The van der Waals surface area contributed by atoms with E-state index in [0.717, 1.165) is 0 Å². The highest BCUT2D eigenvalue weighted by molar-refractivity contribution is 6.31. The lowest BCUT2D eigenvalue weighted by atomic mass is 9.90. The third-order valence-electron chi connectivity index (χ3n) is 2.70. The Balaban J connectivity index is 0.000000362. The Morgan fingerprint density at radius 2 is 1.47 bits per heavy atom. The molecule has 19 heavy (non-hydrogen) atoms. The van der Waals surface area contributed by atoms with Crippen LogP contribution in [0.2, 0.25) is 0 Å². The van der Waals surface area contributed by atoms with Crippen LogP contribution in [0.3, 0.4) is 0 Å². The zero-order chi connectivity index (χ0) is 15.5. The van der Waals surface area contributed by atoms with Crippen LogP contribution in [0.1, 0.15) is 41.5 Å². The quantitative estimate of drug-likeness (QED) is 0.673. The second-order valence-electron chi connectivity index (χ2n) is 6.40. The molecule has 0 atom stereocenters. The Kier molecular flexibility index (Phi) is 5.80. The van der Waals surface area contributed by atoms with Crippen molar-refractivity contribution in [3.05, 3.63) is 12.4 Å². The van der Waals surface area contributed by atoms with E-state index >= 15 is 0 Å². The van der Waals surface area contributed by atoms with Crippen LogP contribution in [0.15, 0.2) is 12.4 Å². The van der Waals surface area contributed by atoms with Gasteiger partial charge in [-0.05, 0) is 41.5 Å². The standard InChI is InChI=1S/C7H11BN2O.C6H14O2/c1-7(2,11)5-10-4-6(8)3-9-10;1-5(2,7)6(3,4)8/h3-4,11H,5H2,1-2H3;7-8H,1-4H3. The van der Waals surface area contributed by atoms with E-state index < -0.39 is 16.8 Å². The van der Waals surface area contributed by atoms with Gasteiger partial charge in [0.2, 0.25) is 0 Å². The summed E-state index contributed by atoms with van der Waals surface area (Å²) in [5.41, 5.74) is -2.13. The molecular weight excluding hydrogens is 243 g/mol. The first-order valence-electron chi connectivity index (χ1n) is 6.17. The highest BCUT2D eigenvalue weighted by Crippen LogP contribution is 2.19. The van der Waals surface area contributed by atoms with Crippen molar-refractivity contribution in [1.29, 1.82) is 0 Å². The summed E-state index contributed by atoms with van der Waals surface area (Å²) in [7, 11) is 5.43. The van der Waals surface area contributed by atoms with Crippen LogP contribution in [0, 0.1) is 0 Å². The zero-order valence-electron chi connectivity index (χ0n) is 12.7. The van der Waals surface area contributed by atoms with Gasteiger partial charge in [0, 0.05) is 12.4 Å². The van der Waals surface area contributed by atoms with Gasteiger partial charge in [0.05, 0.1) is 23.3 Å². The second kappa shape index (κ2) is 6.07. The molecule has 0 saturated carbocycles. The number of aliphatic hydroxyl groups is 3. The average Bonchev–Trinajstić information content (AvgIpc) is 2.45. The van der Waals surface area contributed by atoms with E-state index in [1.807, 2.05) is 0 Å². The first-order valence-corrected chi connectivity index (χ1v) is 6.17. The van der Waals surface area contributed by atoms with E-state index in [2.05, 4.69) is 5.10 Å². The average molecular weight is 268 g/mol. The van der Waals surface area contributed by atoms with Crippen molar-refractivity contribution in [2.45, 2.75) is 64.9 Å². The molecule has 0 bridgehead atoms. The smallest absolute Gasteiger partial charge is 0.118 e. The minimum absolute atomic E-state index is 0.462. The molecule has 1 aromatic heterocycles. The number of nitrogens with zero attached hydrogens (tertiary/aromatic N) is 2. The Hall–Kier alpha value is -0.845. The molecule has 1 rings (SSSR count). The minimum Gasteiger partial charge on any atom is -0.389 e. The maximum absolute atomic E-state index is 9.38. The fourth-order valence-electron chi connectivity index (χ4n) is 0.862. The normalized spacial score (nSPS) is 12.9. The van der Waals surface area contributed by atoms with Crippen molar-refractivity contribution in [2.24, 2.45) is 0 Å². The van der Waals surface area contributed by atoms with Crippen LogP contribution >= 0.6 is 0 Å². The van der Waals surface area contributed by atoms with Crippen LogP contribution < -0.4 is 5.46 Å². The molecule has 0 aliphatic heterocycles. The van der Waals surface area contributed by atoms with Gasteiger partial charge in [-0.15, -0.1) is 0 Å². The van der Waals surface area contributed by atoms with Gasteiger partial charge in [0.1, 0.15) is 7.85 Å². The number of rotatable bonds is 3. The van der Waals surface area contributed by atoms with E-state index in [1.54, 1.807) is 58.6 Å². The Labute approximate surface area is 116 Å². The molecule has 0 saturated heterocycles. The summed E-state index contributed by atoms with van der Waals surface area (Å²) in [5.74, 6) is 0. The summed E-state index contributed by atoms with van der Waals surface area (Å²) in [5, 5.41) is 31.5. The third kappa shape index (κ3) is 8.03. The van der Waals surface area contributed by atoms with Gasteiger partial charge in [0.15, 0.2) is 0 Å². The third-order valence-corrected chi connectivity index (χ3v) is 2.70. The molecule has 0 fully saturated rings. The topological polar surface area (TPSA) is 78.5 Å². The van der Waals surface area contributed by atoms with Gasteiger partial charge in [-0.3, -0.25) is 4.68 Å². The fraction of sp³-hybridized carbons (Fsp3) is 0.769. The molecule has 1 aromatic rings. The van der Waals surface area contributed by atoms with E-state index in [0.29, 0.717) is 12.0 Å². The summed E-state index contributed by atoms with van der Waals surface area (Å²) in [6.07, 6.45) is 3.25. The van der Waals surface area contributed by atoms with Crippen molar-refractivity contribution in [1.82, 2.24) is 9.78 Å². The highest BCUT2D eigenvalue weighted by Gasteiger charge is 2.31. The van der Waals surface area contributed by atoms with Crippen molar-refractivity contribution in [3.63, 3.8) is 0 Å². The Bertz CT molecular complexity index is 372. The molecule has 0 spiro atoms. The van der Waals surface area contributed by atoms with Crippen LogP contribution in [-0.4, -0.2) is 49.7 Å². The van der Waals surface area contributed by atoms with Crippen molar-refractivity contribution in [3.8, 4) is 0 Å². The first-order chi connectivity index (χ1) is 8.22. The SMILES string of the molecule is CC(C)(O)C(C)(C)O.[B]c1cnn(CC(C)(C)O)c1. The molecule has 108 valence electrons. The zero-order valence-corrected chi connectivity index (χ0v) is 12.7. The predicted octanol–water partition coefficient (Wildman–Crippen LogP) is -0.0240.